The van der Waals surface area contributed by atoms with Crippen LogP contribution in [0.5, 0.6) is 0 Å². The van der Waals surface area contributed by atoms with Crippen molar-refractivity contribution in [3.63, 3.8) is 0 Å². The summed E-state index contributed by atoms with van der Waals surface area (Å²) in [5, 5.41) is 9.31. The minimum Gasteiger partial charge on any atom is -0.346 e. The van der Waals surface area contributed by atoms with Crippen LogP contribution < -0.4 is 16.4 Å². The van der Waals surface area contributed by atoms with Crippen molar-refractivity contribution >= 4 is 17.5 Å². The van der Waals surface area contributed by atoms with E-state index in [4.69, 9.17) is 5.73 Å². The van der Waals surface area contributed by atoms with Crippen molar-refractivity contribution in [2.45, 2.75) is 19.9 Å². The average Bonchev–Trinajstić information content (AvgIpc) is 3.06. The predicted molar refractivity (Wildman–Crippen MR) is 85.8 cm³/mol. The van der Waals surface area contributed by atoms with E-state index in [-0.39, 0.29) is 24.3 Å². The van der Waals surface area contributed by atoms with E-state index in [9.17, 15) is 9.59 Å². The second-order valence-corrected chi connectivity index (χ2v) is 5.36. The van der Waals surface area contributed by atoms with E-state index in [2.05, 4.69) is 20.7 Å². The fourth-order valence-corrected chi connectivity index (χ4v) is 1.85. The molecule has 0 radical (unpaired) electrons. The molecule has 23 heavy (non-hydrogen) atoms. The number of aromatic nitrogens is 3. The first-order chi connectivity index (χ1) is 11.0. The van der Waals surface area contributed by atoms with E-state index >= 15 is 0 Å². The first-order valence-electron chi connectivity index (χ1n) is 7.27. The summed E-state index contributed by atoms with van der Waals surface area (Å²) in [6.07, 6.45) is 4.95. The zero-order valence-electron chi connectivity index (χ0n) is 13.1. The molecule has 0 aliphatic heterocycles. The number of nitrogens with two attached hydrogens (primary N) is 1. The summed E-state index contributed by atoms with van der Waals surface area (Å²) in [6.45, 7) is 3.53. The Morgan fingerprint density at radius 1 is 1.30 bits per heavy atom. The standard InChI is InChI=1S/C15H20N6O2/c1-10(2)13(16)15(23)18-9-12(22)20-11-5-3-6-17-14(11)21-8-4-7-19-21/h3-8,10,13H,9,16H2,1-2H3,(H,18,23)(H,20,22)/t13-/m0/s1. The van der Waals surface area contributed by atoms with Gasteiger partial charge in [-0.05, 0) is 24.1 Å². The fourth-order valence-electron chi connectivity index (χ4n) is 1.85. The third kappa shape index (κ3) is 4.36. The van der Waals surface area contributed by atoms with Gasteiger partial charge in [-0.25, -0.2) is 9.67 Å². The van der Waals surface area contributed by atoms with Crippen molar-refractivity contribution in [3.05, 3.63) is 36.8 Å². The van der Waals surface area contributed by atoms with Gasteiger partial charge in [0.2, 0.25) is 11.8 Å². The summed E-state index contributed by atoms with van der Waals surface area (Å²) in [5.41, 5.74) is 6.23. The number of amides is 2. The van der Waals surface area contributed by atoms with Crippen molar-refractivity contribution in [3.8, 4) is 5.82 Å². The molecule has 2 heterocycles. The molecule has 0 aromatic carbocycles. The molecular formula is C15H20N6O2. The molecule has 0 fully saturated rings. The highest BCUT2D eigenvalue weighted by atomic mass is 16.2. The van der Waals surface area contributed by atoms with Crippen LogP contribution in [0.25, 0.3) is 5.82 Å². The molecule has 0 unspecified atom stereocenters. The fraction of sp³-hybridized carbons (Fsp3) is 0.333. The molecule has 2 rings (SSSR count). The van der Waals surface area contributed by atoms with Crippen LogP contribution in [0.2, 0.25) is 0 Å². The number of rotatable bonds is 6. The van der Waals surface area contributed by atoms with Crippen LogP contribution in [0, 0.1) is 5.92 Å². The van der Waals surface area contributed by atoms with E-state index in [1.54, 1.807) is 41.5 Å². The molecule has 0 saturated carbocycles. The zero-order valence-corrected chi connectivity index (χ0v) is 13.1. The number of carbonyl (C=O) groups excluding carboxylic acids is 2. The third-order valence-electron chi connectivity index (χ3n) is 3.23. The molecule has 8 nitrogen and oxygen atoms in total. The van der Waals surface area contributed by atoms with Crippen LogP contribution in [0.1, 0.15) is 13.8 Å². The van der Waals surface area contributed by atoms with E-state index in [0.717, 1.165) is 0 Å². The van der Waals surface area contributed by atoms with Gasteiger partial charge in [-0.3, -0.25) is 9.59 Å². The maximum Gasteiger partial charge on any atom is 0.243 e. The highest BCUT2D eigenvalue weighted by Gasteiger charge is 2.18. The van der Waals surface area contributed by atoms with Crippen molar-refractivity contribution in [1.29, 1.82) is 0 Å². The van der Waals surface area contributed by atoms with Crippen LogP contribution in [0.15, 0.2) is 36.8 Å². The number of nitrogens with zero attached hydrogens (tertiary/aromatic N) is 3. The molecule has 0 aliphatic rings. The Labute approximate surface area is 134 Å². The Hall–Kier alpha value is -2.74. The van der Waals surface area contributed by atoms with Crippen LogP contribution in [-0.2, 0) is 9.59 Å². The molecule has 8 heteroatoms. The number of pyridine rings is 1. The number of hydrogen-bond donors (Lipinski definition) is 3. The van der Waals surface area contributed by atoms with Gasteiger partial charge in [0.05, 0.1) is 18.3 Å². The van der Waals surface area contributed by atoms with E-state index in [1.165, 1.54) is 0 Å². The smallest absolute Gasteiger partial charge is 0.243 e. The molecule has 0 bridgehead atoms. The summed E-state index contributed by atoms with van der Waals surface area (Å²) in [6, 6.07) is 4.54. The van der Waals surface area contributed by atoms with Gasteiger partial charge in [0, 0.05) is 18.6 Å². The first kappa shape index (κ1) is 16.6. The summed E-state index contributed by atoms with van der Waals surface area (Å²) in [4.78, 5) is 28.0. The Bertz CT molecular complexity index is 668. The van der Waals surface area contributed by atoms with Crippen molar-refractivity contribution in [2.75, 3.05) is 11.9 Å². The quantitative estimate of drug-likeness (QED) is 0.709. The Morgan fingerprint density at radius 3 is 2.74 bits per heavy atom. The van der Waals surface area contributed by atoms with E-state index < -0.39 is 6.04 Å². The molecule has 2 amide bonds. The lowest BCUT2D eigenvalue weighted by Crippen LogP contribution is -2.46. The third-order valence-corrected chi connectivity index (χ3v) is 3.23. The van der Waals surface area contributed by atoms with Gasteiger partial charge in [-0.1, -0.05) is 13.8 Å². The molecule has 122 valence electrons. The molecule has 0 saturated heterocycles. The first-order valence-corrected chi connectivity index (χ1v) is 7.27. The Kier molecular flexibility index (Phi) is 5.42. The van der Waals surface area contributed by atoms with Crippen LogP contribution in [0.4, 0.5) is 5.69 Å². The van der Waals surface area contributed by atoms with Crippen LogP contribution >= 0.6 is 0 Å². The monoisotopic (exact) mass is 316 g/mol. The van der Waals surface area contributed by atoms with E-state index in [0.29, 0.717) is 11.5 Å². The number of nitrogens with one attached hydrogen (secondary N) is 2. The second kappa shape index (κ2) is 7.50. The van der Waals surface area contributed by atoms with Gasteiger partial charge in [0.1, 0.15) is 0 Å². The molecular weight excluding hydrogens is 296 g/mol. The van der Waals surface area contributed by atoms with Gasteiger partial charge in [0.25, 0.3) is 0 Å². The zero-order chi connectivity index (χ0) is 16.8. The van der Waals surface area contributed by atoms with Crippen molar-refractivity contribution < 1.29 is 9.59 Å². The normalized spacial score (nSPS) is 12.0. The minimum atomic E-state index is -0.638. The lowest BCUT2D eigenvalue weighted by Gasteiger charge is -2.15. The van der Waals surface area contributed by atoms with Gasteiger partial charge in [0.15, 0.2) is 5.82 Å². The minimum absolute atomic E-state index is 0.00259. The summed E-state index contributed by atoms with van der Waals surface area (Å²) in [7, 11) is 0. The highest BCUT2D eigenvalue weighted by Crippen LogP contribution is 2.15. The largest absolute Gasteiger partial charge is 0.346 e. The Morgan fingerprint density at radius 2 is 2.09 bits per heavy atom. The van der Waals surface area contributed by atoms with E-state index in [1.807, 2.05) is 13.8 Å². The predicted octanol–water partition coefficient (Wildman–Crippen LogP) is 0.305. The highest BCUT2D eigenvalue weighted by molar-refractivity contribution is 5.96. The number of hydrogen-bond acceptors (Lipinski definition) is 5. The molecule has 0 spiro atoms. The molecule has 4 N–H and O–H groups in total. The number of carbonyl (C=O) groups is 2. The molecule has 1 atom stereocenters. The lowest BCUT2D eigenvalue weighted by atomic mass is 10.1. The van der Waals surface area contributed by atoms with Crippen molar-refractivity contribution in [2.24, 2.45) is 11.7 Å². The van der Waals surface area contributed by atoms with Gasteiger partial charge < -0.3 is 16.4 Å². The van der Waals surface area contributed by atoms with Gasteiger partial charge in [-0.2, -0.15) is 5.10 Å². The maximum atomic E-state index is 12.0. The Balaban J connectivity index is 1.98. The topological polar surface area (TPSA) is 115 Å². The molecule has 2 aromatic heterocycles. The van der Waals surface area contributed by atoms with Crippen LogP contribution in [-0.4, -0.2) is 39.2 Å². The van der Waals surface area contributed by atoms with Crippen molar-refractivity contribution in [1.82, 2.24) is 20.1 Å². The molecule has 0 aliphatic carbocycles. The SMILES string of the molecule is CC(C)[C@H](N)C(=O)NCC(=O)Nc1cccnc1-n1cccn1. The summed E-state index contributed by atoms with van der Waals surface area (Å²) >= 11 is 0. The maximum absolute atomic E-state index is 12.0. The average molecular weight is 316 g/mol. The summed E-state index contributed by atoms with van der Waals surface area (Å²) < 4.78 is 1.54. The second-order valence-electron chi connectivity index (χ2n) is 5.36. The molecule has 2 aromatic rings. The van der Waals surface area contributed by atoms with Gasteiger partial charge >= 0.3 is 0 Å². The number of anilines is 1. The lowest BCUT2D eigenvalue weighted by molar-refractivity contribution is -0.125. The van der Waals surface area contributed by atoms with Crippen LogP contribution in [0.3, 0.4) is 0 Å². The van der Waals surface area contributed by atoms with Gasteiger partial charge in [-0.15, -0.1) is 0 Å². The summed E-state index contributed by atoms with van der Waals surface area (Å²) in [5.74, 6) is -0.219.